The van der Waals surface area contributed by atoms with Crippen molar-refractivity contribution in [3.05, 3.63) is 35.4 Å². The van der Waals surface area contributed by atoms with Crippen LogP contribution in [-0.2, 0) is 4.79 Å². The Morgan fingerprint density at radius 2 is 1.83 bits per heavy atom. The fourth-order valence-corrected chi connectivity index (χ4v) is 4.48. The van der Waals surface area contributed by atoms with Gasteiger partial charge >= 0.3 is 0 Å². The maximum atomic E-state index is 12.7. The van der Waals surface area contributed by atoms with Gasteiger partial charge in [0.15, 0.2) is 0 Å². The summed E-state index contributed by atoms with van der Waals surface area (Å²) in [5.41, 5.74) is 8.77. The number of carbonyl (C=O) groups is 1. The van der Waals surface area contributed by atoms with Crippen LogP contribution in [0.15, 0.2) is 24.3 Å². The first-order valence-electron chi connectivity index (χ1n) is 8.67. The lowest BCUT2D eigenvalue weighted by Gasteiger charge is -2.43. The molecule has 2 saturated carbocycles. The molecule has 128 valence electrons. The molecule has 3 atom stereocenters. The maximum Gasteiger partial charge on any atom is 0.223 e. The summed E-state index contributed by atoms with van der Waals surface area (Å²) in [5, 5.41) is 3.23. The Morgan fingerprint density at radius 3 is 2.43 bits per heavy atom. The van der Waals surface area contributed by atoms with E-state index in [2.05, 4.69) is 31.3 Å². The summed E-state index contributed by atoms with van der Waals surface area (Å²) in [6, 6.07) is 8.68. The zero-order chi connectivity index (χ0) is 15.7. The topological polar surface area (TPSA) is 55.1 Å². The maximum absolute atomic E-state index is 12.7. The third kappa shape index (κ3) is 3.89. The average Bonchev–Trinajstić information content (AvgIpc) is 2.47. The number of hydrogen-bond acceptors (Lipinski definition) is 2. The number of aryl methyl sites for hydroxylation is 1. The van der Waals surface area contributed by atoms with Gasteiger partial charge in [0.1, 0.15) is 0 Å². The second kappa shape index (κ2) is 7.67. The summed E-state index contributed by atoms with van der Waals surface area (Å²) in [7, 11) is 0. The molecule has 0 heterocycles. The van der Waals surface area contributed by atoms with Crippen molar-refractivity contribution in [1.29, 1.82) is 0 Å². The molecule has 2 fully saturated rings. The van der Waals surface area contributed by atoms with Crippen LogP contribution in [0.25, 0.3) is 0 Å². The Hall–Kier alpha value is -1.06. The lowest BCUT2D eigenvalue weighted by Crippen LogP contribution is -2.49. The van der Waals surface area contributed by atoms with Crippen molar-refractivity contribution >= 4 is 18.3 Å². The van der Waals surface area contributed by atoms with Gasteiger partial charge in [-0.3, -0.25) is 4.79 Å². The number of fused-ring (bicyclic) bond motifs is 2. The van der Waals surface area contributed by atoms with E-state index < -0.39 is 0 Å². The first kappa shape index (κ1) is 18.3. The Morgan fingerprint density at radius 1 is 1.22 bits per heavy atom. The van der Waals surface area contributed by atoms with E-state index in [0.29, 0.717) is 17.9 Å². The van der Waals surface area contributed by atoms with Crippen molar-refractivity contribution in [2.45, 2.75) is 58.0 Å². The van der Waals surface area contributed by atoms with Crippen molar-refractivity contribution in [2.24, 2.45) is 23.5 Å². The van der Waals surface area contributed by atoms with Crippen molar-refractivity contribution in [1.82, 2.24) is 5.32 Å². The molecule has 3 rings (SSSR count). The molecule has 0 aliphatic heterocycles. The molecular formula is C19H29ClN2O. The molecule has 0 radical (unpaired) electrons. The fourth-order valence-electron chi connectivity index (χ4n) is 4.48. The molecule has 1 aromatic rings. The second-order valence-corrected chi connectivity index (χ2v) is 7.28. The van der Waals surface area contributed by atoms with Crippen molar-refractivity contribution in [2.75, 3.05) is 0 Å². The number of hydrogen-bond donors (Lipinski definition) is 2. The van der Waals surface area contributed by atoms with E-state index in [9.17, 15) is 4.79 Å². The van der Waals surface area contributed by atoms with E-state index in [4.69, 9.17) is 5.73 Å². The van der Waals surface area contributed by atoms with E-state index in [0.717, 1.165) is 12.8 Å². The van der Waals surface area contributed by atoms with Crippen molar-refractivity contribution in [3.63, 3.8) is 0 Å². The van der Waals surface area contributed by atoms with Gasteiger partial charge in [0, 0.05) is 12.0 Å². The predicted molar refractivity (Wildman–Crippen MR) is 96.5 cm³/mol. The summed E-state index contributed by atoms with van der Waals surface area (Å²) >= 11 is 0. The van der Waals surface area contributed by atoms with E-state index in [-0.39, 0.29) is 30.3 Å². The molecular weight excluding hydrogens is 308 g/mol. The molecule has 0 saturated heterocycles. The fraction of sp³-hybridized carbons (Fsp3) is 0.632. The largest absolute Gasteiger partial charge is 0.349 e. The SMILES string of the molecule is Cc1ccccc1C(C)NC(=O)C1CC2CCCC(C1)C2N.Cl. The van der Waals surface area contributed by atoms with Crippen LogP contribution in [0, 0.1) is 24.7 Å². The molecule has 23 heavy (non-hydrogen) atoms. The number of rotatable bonds is 3. The standard InChI is InChI=1S/C19H28N2O.ClH/c1-12-6-3-4-9-17(12)13(2)21-19(22)16-10-14-7-5-8-15(11-16)18(14)20;/h3-4,6,9,13-16,18H,5,7-8,10-11,20H2,1-2H3,(H,21,22);1H. The van der Waals surface area contributed by atoms with Gasteiger partial charge < -0.3 is 11.1 Å². The van der Waals surface area contributed by atoms with Crippen LogP contribution in [0.3, 0.4) is 0 Å². The normalized spacial score (nSPS) is 30.9. The first-order valence-corrected chi connectivity index (χ1v) is 8.67. The van der Waals surface area contributed by atoms with Crippen LogP contribution in [0.2, 0.25) is 0 Å². The smallest absolute Gasteiger partial charge is 0.223 e. The number of nitrogens with two attached hydrogens (primary N) is 1. The van der Waals surface area contributed by atoms with Gasteiger partial charge in [-0.1, -0.05) is 30.7 Å². The average molecular weight is 337 g/mol. The molecule has 0 spiro atoms. The quantitative estimate of drug-likeness (QED) is 0.883. The minimum atomic E-state index is 0. The van der Waals surface area contributed by atoms with Crippen LogP contribution < -0.4 is 11.1 Å². The first-order chi connectivity index (χ1) is 10.6. The van der Waals surface area contributed by atoms with E-state index in [1.165, 1.54) is 30.4 Å². The van der Waals surface area contributed by atoms with Gasteiger partial charge in [0.25, 0.3) is 0 Å². The minimum Gasteiger partial charge on any atom is -0.349 e. The molecule has 3 N–H and O–H groups in total. The van der Waals surface area contributed by atoms with Crippen LogP contribution in [0.4, 0.5) is 0 Å². The van der Waals surface area contributed by atoms with Crippen LogP contribution in [0.1, 0.15) is 56.2 Å². The highest BCUT2D eigenvalue weighted by molar-refractivity contribution is 5.85. The van der Waals surface area contributed by atoms with Crippen molar-refractivity contribution < 1.29 is 4.79 Å². The lowest BCUT2D eigenvalue weighted by molar-refractivity contribution is -0.128. The number of halogens is 1. The molecule has 4 heteroatoms. The zero-order valence-corrected chi connectivity index (χ0v) is 14.9. The Bertz CT molecular complexity index is 534. The number of amides is 1. The zero-order valence-electron chi connectivity index (χ0n) is 14.1. The Kier molecular flexibility index (Phi) is 6.10. The third-order valence-corrected chi connectivity index (χ3v) is 5.80. The van der Waals surface area contributed by atoms with Gasteiger partial charge in [0.2, 0.25) is 5.91 Å². The molecule has 1 aromatic carbocycles. The second-order valence-electron chi connectivity index (χ2n) is 7.28. The number of benzene rings is 1. The highest BCUT2D eigenvalue weighted by Gasteiger charge is 2.40. The van der Waals surface area contributed by atoms with Crippen LogP contribution in [0.5, 0.6) is 0 Å². The summed E-state index contributed by atoms with van der Waals surface area (Å²) in [4.78, 5) is 12.7. The Balaban J connectivity index is 0.00000192. The van der Waals surface area contributed by atoms with Gasteiger partial charge in [-0.05, 0) is 62.5 Å². The van der Waals surface area contributed by atoms with Gasteiger partial charge in [-0.2, -0.15) is 0 Å². The molecule has 3 unspecified atom stereocenters. The van der Waals surface area contributed by atoms with E-state index in [1.54, 1.807) is 0 Å². The van der Waals surface area contributed by atoms with Crippen LogP contribution in [-0.4, -0.2) is 11.9 Å². The molecule has 0 aromatic heterocycles. The summed E-state index contributed by atoms with van der Waals surface area (Å²) in [5.74, 6) is 1.48. The summed E-state index contributed by atoms with van der Waals surface area (Å²) in [6.45, 7) is 4.18. The van der Waals surface area contributed by atoms with E-state index >= 15 is 0 Å². The van der Waals surface area contributed by atoms with E-state index in [1.807, 2.05) is 12.1 Å². The number of carbonyl (C=O) groups excluding carboxylic acids is 1. The number of nitrogens with one attached hydrogen (secondary N) is 1. The monoisotopic (exact) mass is 336 g/mol. The predicted octanol–water partition coefficient (Wildman–Crippen LogP) is 3.75. The highest BCUT2D eigenvalue weighted by atomic mass is 35.5. The molecule has 2 aliphatic carbocycles. The Labute approximate surface area is 145 Å². The third-order valence-electron chi connectivity index (χ3n) is 5.80. The van der Waals surface area contributed by atoms with Gasteiger partial charge in [0.05, 0.1) is 6.04 Å². The van der Waals surface area contributed by atoms with Gasteiger partial charge in [-0.15, -0.1) is 12.4 Å². The lowest BCUT2D eigenvalue weighted by atomic mass is 9.65. The summed E-state index contributed by atoms with van der Waals surface area (Å²) in [6.07, 6.45) is 5.65. The molecule has 1 amide bonds. The summed E-state index contributed by atoms with van der Waals surface area (Å²) < 4.78 is 0. The molecule has 2 bridgehead atoms. The molecule has 3 nitrogen and oxygen atoms in total. The highest BCUT2D eigenvalue weighted by Crippen LogP contribution is 2.42. The van der Waals surface area contributed by atoms with Crippen LogP contribution >= 0.6 is 12.4 Å². The molecule has 2 aliphatic rings. The van der Waals surface area contributed by atoms with Crippen molar-refractivity contribution in [3.8, 4) is 0 Å². The van der Waals surface area contributed by atoms with Gasteiger partial charge in [-0.25, -0.2) is 0 Å². The minimum absolute atomic E-state index is 0.